The van der Waals surface area contributed by atoms with E-state index in [9.17, 15) is 14.4 Å². The number of nitrogens with one attached hydrogen (secondary N) is 2. The van der Waals surface area contributed by atoms with Crippen molar-refractivity contribution >= 4 is 56.3 Å². The minimum Gasteiger partial charge on any atom is -0.368 e. The Hall–Kier alpha value is -2.84. The van der Waals surface area contributed by atoms with Gasteiger partial charge in [-0.25, -0.2) is 0 Å². The Balaban J connectivity index is 1.36. The monoisotopic (exact) mass is 416 g/mol. The first-order valence-corrected chi connectivity index (χ1v) is 9.93. The van der Waals surface area contributed by atoms with Crippen molar-refractivity contribution in [2.24, 2.45) is 0 Å². The second-order valence-electron chi connectivity index (χ2n) is 6.44. The molecule has 2 heterocycles. The molecular weight excluding hydrogens is 400 g/mol. The summed E-state index contributed by atoms with van der Waals surface area (Å²) in [6, 6.07) is 12.6. The van der Waals surface area contributed by atoms with Gasteiger partial charge in [0.15, 0.2) is 0 Å². The fourth-order valence-electron chi connectivity index (χ4n) is 3.17. The van der Waals surface area contributed by atoms with Crippen LogP contribution in [-0.2, 0) is 9.59 Å². The van der Waals surface area contributed by atoms with E-state index in [-0.39, 0.29) is 4.87 Å². The summed E-state index contributed by atoms with van der Waals surface area (Å²) in [4.78, 5) is 42.5. The lowest BCUT2D eigenvalue weighted by atomic mass is 10.2. The normalized spacial score (nSPS) is 14.3. The lowest BCUT2D eigenvalue weighted by Crippen LogP contribution is -2.51. The molecule has 0 radical (unpaired) electrons. The summed E-state index contributed by atoms with van der Waals surface area (Å²) < 4.78 is 0.729. The van der Waals surface area contributed by atoms with Crippen LogP contribution in [-0.4, -0.2) is 47.9 Å². The molecule has 144 valence electrons. The van der Waals surface area contributed by atoms with Gasteiger partial charge in [-0.15, -0.1) is 0 Å². The van der Waals surface area contributed by atoms with Crippen molar-refractivity contribution in [2.45, 2.75) is 0 Å². The number of carbonyl (C=O) groups is 2. The van der Waals surface area contributed by atoms with E-state index in [2.05, 4.69) is 15.2 Å². The number of anilines is 2. The van der Waals surface area contributed by atoms with E-state index >= 15 is 0 Å². The Morgan fingerprint density at radius 1 is 1.04 bits per heavy atom. The molecule has 0 saturated carbocycles. The lowest BCUT2D eigenvalue weighted by molar-refractivity contribution is -0.143. The fourth-order valence-corrected chi connectivity index (χ4v) is 4.07. The van der Waals surface area contributed by atoms with Crippen molar-refractivity contribution in [3.05, 3.63) is 57.2 Å². The molecule has 4 rings (SSSR count). The zero-order valence-corrected chi connectivity index (χ0v) is 16.3. The predicted molar refractivity (Wildman–Crippen MR) is 111 cm³/mol. The molecule has 2 aromatic carbocycles. The Kier molecular flexibility index (Phi) is 5.06. The third-order valence-electron chi connectivity index (χ3n) is 4.63. The van der Waals surface area contributed by atoms with Crippen LogP contribution in [0.4, 0.5) is 11.4 Å². The number of halogens is 1. The Morgan fingerprint density at radius 3 is 2.46 bits per heavy atom. The highest BCUT2D eigenvalue weighted by Crippen LogP contribution is 2.21. The highest BCUT2D eigenvalue weighted by molar-refractivity contribution is 7.16. The molecule has 9 heteroatoms. The standard InChI is InChI=1S/C19H17ClN4O3S/c20-12-1-4-14(5-2-12)23-7-9-24(10-8-23)18(26)17(25)21-13-3-6-15-16(11-13)28-19(27)22-15/h1-6,11H,7-10H2,(H,21,25)(H,22,27). The quantitative estimate of drug-likeness (QED) is 0.628. The maximum atomic E-state index is 12.5. The second-order valence-corrected chi connectivity index (χ2v) is 7.89. The van der Waals surface area contributed by atoms with Gasteiger partial charge in [-0.05, 0) is 42.5 Å². The molecule has 1 saturated heterocycles. The van der Waals surface area contributed by atoms with Crippen LogP contribution in [0, 0.1) is 0 Å². The maximum absolute atomic E-state index is 12.5. The fraction of sp³-hybridized carbons (Fsp3) is 0.211. The van der Waals surface area contributed by atoms with Gasteiger partial charge in [-0.3, -0.25) is 14.4 Å². The number of amides is 2. The van der Waals surface area contributed by atoms with Crippen molar-refractivity contribution in [2.75, 3.05) is 36.4 Å². The number of hydrogen-bond donors (Lipinski definition) is 2. The van der Waals surface area contributed by atoms with Crippen LogP contribution in [0.25, 0.3) is 10.2 Å². The molecule has 0 aliphatic carbocycles. The number of thiazole rings is 1. The number of H-pyrrole nitrogens is 1. The van der Waals surface area contributed by atoms with Crippen LogP contribution >= 0.6 is 22.9 Å². The number of aromatic amines is 1. The summed E-state index contributed by atoms with van der Waals surface area (Å²) in [5.74, 6) is -1.24. The summed E-state index contributed by atoms with van der Waals surface area (Å²) in [6.45, 7) is 2.22. The first-order valence-electron chi connectivity index (χ1n) is 8.73. The summed E-state index contributed by atoms with van der Waals surface area (Å²) in [7, 11) is 0. The van der Waals surface area contributed by atoms with E-state index in [1.165, 1.54) is 0 Å². The van der Waals surface area contributed by atoms with Gasteiger partial charge in [0.2, 0.25) is 0 Å². The van der Waals surface area contributed by atoms with Gasteiger partial charge in [-0.1, -0.05) is 22.9 Å². The van der Waals surface area contributed by atoms with Gasteiger partial charge in [-0.2, -0.15) is 0 Å². The number of carbonyl (C=O) groups excluding carboxylic acids is 2. The van der Waals surface area contributed by atoms with Crippen molar-refractivity contribution in [3.8, 4) is 0 Å². The average molecular weight is 417 g/mol. The van der Waals surface area contributed by atoms with Crippen LogP contribution in [0.3, 0.4) is 0 Å². The van der Waals surface area contributed by atoms with Crippen molar-refractivity contribution in [1.82, 2.24) is 9.88 Å². The van der Waals surface area contributed by atoms with Gasteiger partial charge >= 0.3 is 16.7 Å². The maximum Gasteiger partial charge on any atom is 0.313 e. The van der Waals surface area contributed by atoms with Crippen LogP contribution in [0.15, 0.2) is 47.3 Å². The number of nitrogens with zero attached hydrogens (tertiary/aromatic N) is 2. The third kappa shape index (κ3) is 3.88. The molecule has 0 spiro atoms. The third-order valence-corrected chi connectivity index (χ3v) is 5.73. The second kappa shape index (κ2) is 7.65. The highest BCUT2D eigenvalue weighted by atomic mass is 35.5. The van der Waals surface area contributed by atoms with Crippen LogP contribution in [0.1, 0.15) is 0 Å². The molecule has 1 aliphatic rings. The molecule has 2 N–H and O–H groups in total. The Bertz CT molecular complexity index is 1080. The van der Waals surface area contributed by atoms with Gasteiger partial charge in [0.25, 0.3) is 0 Å². The Morgan fingerprint density at radius 2 is 1.75 bits per heavy atom. The summed E-state index contributed by atoms with van der Waals surface area (Å²) in [6.07, 6.45) is 0. The largest absolute Gasteiger partial charge is 0.368 e. The van der Waals surface area contributed by atoms with Crippen LogP contribution in [0.5, 0.6) is 0 Å². The van der Waals surface area contributed by atoms with Gasteiger partial charge in [0.05, 0.1) is 10.2 Å². The molecular formula is C19H17ClN4O3S. The number of aromatic nitrogens is 1. The number of fused-ring (bicyclic) bond motifs is 1. The molecule has 7 nitrogen and oxygen atoms in total. The molecule has 28 heavy (non-hydrogen) atoms. The number of benzene rings is 2. The molecule has 3 aromatic rings. The van der Waals surface area contributed by atoms with Crippen molar-refractivity contribution < 1.29 is 9.59 Å². The molecule has 0 bridgehead atoms. The zero-order valence-electron chi connectivity index (χ0n) is 14.8. The topological polar surface area (TPSA) is 85.5 Å². The average Bonchev–Trinajstić information content (AvgIpc) is 3.07. The summed E-state index contributed by atoms with van der Waals surface area (Å²) in [5, 5.41) is 3.30. The van der Waals surface area contributed by atoms with Gasteiger partial charge < -0.3 is 20.1 Å². The van der Waals surface area contributed by atoms with Crippen LogP contribution < -0.4 is 15.1 Å². The summed E-state index contributed by atoms with van der Waals surface area (Å²) >= 11 is 6.97. The SMILES string of the molecule is O=C(Nc1ccc2[nH]c(=O)sc2c1)C(=O)N1CCN(c2ccc(Cl)cc2)CC1. The van der Waals surface area contributed by atoms with Crippen LogP contribution in [0.2, 0.25) is 5.02 Å². The molecule has 1 aromatic heterocycles. The molecule has 0 unspecified atom stereocenters. The zero-order chi connectivity index (χ0) is 19.7. The first kappa shape index (κ1) is 18.5. The van der Waals surface area contributed by atoms with E-state index in [0.717, 1.165) is 21.7 Å². The Labute approximate surface area is 169 Å². The minimum atomic E-state index is -0.679. The van der Waals surface area contributed by atoms with Crippen molar-refractivity contribution in [1.29, 1.82) is 0 Å². The number of piperazine rings is 1. The smallest absolute Gasteiger partial charge is 0.313 e. The number of rotatable bonds is 2. The first-order chi connectivity index (χ1) is 13.5. The summed E-state index contributed by atoms with van der Waals surface area (Å²) in [5.41, 5.74) is 2.23. The molecule has 1 fully saturated rings. The van der Waals surface area contributed by atoms with Crippen molar-refractivity contribution in [3.63, 3.8) is 0 Å². The number of hydrogen-bond acceptors (Lipinski definition) is 5. The predicted octanol–water partition coefficient (Wildman–Crippen LogP) is 2.53. The van der Waals surface area contributed by atoms with Gasteiger partial charge in [0, 0.05) is 42.6 Å². The molecule has 2 amide bonds. The molecule has 1 aliphatic heterocycles. The lowest BCUT2D eigenvalue weighted by Gasteiger charge is -2.35. The van der Waals surface area contributed by atoms with E-state index < -0.39 is 11.8 Å². The van der Waals surface area contributed by atoms with E-state index in [1.54, 1.807) is 23.1 Å². The minimum absolute atomic E-state index is 0.159. The van der Waals surface area contributed by atoms with Gasteiger partial charge in [0.1, 0.15) is 0 Å². The highest BCUT2D eigenvalue weighted by Gasteiger charge is 2.26. The van der Waals surface area contributed by atoms with E-state index in [1.807, 2.05) is 24.3 Å². The van der Waals surface area contributed by atoms with E-state index in [4.69, 9.17) is 11.6 Å². The van der Waals surface area contributed by atoms with E-state index in [0.29, 0.717) is 42.4 Å². The molecule has 0 atom stereocenters.